The first-order valence-corrected chi connectivity index (χ1v) is 9.75. The Morgan fingerprint density at radius 1 is 1.33 bits per heavy atom. The molecule has 1 aromatic carbocycles. The lowest BCUT2D eigenvalue weighted by Crippen LogP contribution is -2.38. The highest BCUT2D eigenvalue weighted by Gasteiger charge is 2.24. The van der Waals surface area contributed by atoms with Gasteiger partial charge in [0, 0.05) is 37.3 Å². The number of benzene rings is 1. The lowest BCUT2D eigenvalue weighted by atomic mass is 10.1. The molecule has 4 aromatic rings. The summed E-state index contributed by atoms with van der Waals surface area (Å²) in [4.78, 5) is 23.4. The van der Waals surface area contributed by atoms with Crippen LogP contribution in [0.15, 0.2) is 46.2 Å². The summed E-state index contributed by atoms with van der Waals surface area (Å²) in [6, 6.07) is 9.57. The van der Waals surface area contributed by atoms with Gasteiger partial charge in [-0.05, 0) is 19.1 Å². The van der Waals surface area contributed by atoms with Crippen molar-refractivity contribution in [3.8, 4) is 0 Å². The lowest BCUT2D eigenvalue weighted by Gasteiger charge is -2.28. The number of fused-ring (bicyclic) bond motifs is 4. The fourth-order valence-electron chi connectivity index (χ4n) is 3.40. The first kappa shape index (κ1) is 16.3. The summed E-state index contributed by atoms with van der Waals surface area (Å²) in [5.41, 5.74) is 5.55. The number of para-hydroxylation sites is 2. The van der Waals surface area contributed by atoms with E-state index in [4.69, 9.17) is 4.42 Å². The Morgan fingerprint density at radius 2 is 2.22 bits per heavy atom. The van der Waals surface area contributed by atoms with Gasteiger partial charge in [0.25, 0.3) is 5.22 Å². The first-order valence-electron chi connectivity index (χ1n) is 8.77. The van der Waals surface area contributed by atoms with E-state index >= 15 is 0 Å². The Kier molecular flexibility index (Phi) is 3.86. The minimum atomic E-state index is 0.0737. The maximum atomic E-state index is 12.7. The molecule has 7 nitrogen and oxygen atoms in total. The predicted molar refractivity (Wildman–Crippen MR) is 102 cm³/mol. The van der Waals surface area contributed by atoms with Gasteiger partial charge in [0.1, 0.15) is 5.52 Å². The Balaban J connectivity index is 1.29. The van der Waals surface area contributed by atoms with Crippen LogP contribution >= 0.6 is 11.8 Å². The molecule has 0 N–H and O–H groups in total. The summed E-state index contributed by atoms with van der Waals surface area (Å²) in [6.45, 7) is 3.20. The summed E-state index contributed by atoms with van der Waals surface area (Å²) in [5.74, 6) is 0.378. The molecule has 5 rings (SSSR count). The number of amides is 1. The maximum Gasteiger partial charge on any atom is 0.257 e. The summed E-state index contributed by atoms with van der Waals surface area (Å²) in [5, 5.41) is 5.04. The number of thioether (sulfide) groups is 1. The predicted octanol–water partition coefficient (Wildman–Crippen LogP) is 2.86. The van der Waals surface area contributed by atoms with Crippen LogP contribution in [0.3, 0.4) is 0 Å². The van der Waals surface area contributed by atoms with Gasteiger partial charge in [-0.25, -0.2) is 14.5 Å². The number of oxazole rings is 1. The van der Waals surface area contributed by atoms with Crippen molar-refractivity contribution >= 4 is 34.4 Å². The Morgan fingerprint density at radius 3 is 3.11 bits per heavy atom. The van der Waals surface area contributed by atoms with E-state index in [1.54, 1.807) is 0 Å². The summed E-state index contributed by atoms with van der Waals surface area (Å²) in [7, 11) is 0. The van der Waals surface area contributed by atoms with Crippen molar-refractivity contribution in [2.45, 2.75) is 25.1 Å². The number of aryl methyl sites for hydroxylation is 1. The fourth-order valence-corrected chi connectivity index (χ4v) is 4.14. The van der Waals surface area contributed by atoms with Crippen molar-refractivity contribution in [2.75, 3.05) is 12.3 Å². The monoisotopic (exact) mass is 379 g/mol. The van der Waals surface area contributed by atoms with E-state index in [2.05, 4.69) is 15.1 Å². The summed E-state index contributed by atoms with van der Waals surface area (Å²) in [6.07, 6.45) is 2.63. The average Bonchev–Trinajstić information content (AvgIpc) is 3.27. The van der Waals surface area contributed by atoms with Crippen LogP contribution in [0.1, 0.15) is 17.0 Å². The van der Waals surface area contributed by atoms with E-state index in [1.807, 2.05) is 52.9 Å². The summed E-state index contributed by atoms with van der Waals surface area (Å²) >= 11 is 1.33. The zero-order valence-electron chi connectivity index (χ0n) is 14.8. The SMILES string of the molecule is Cc1cc2ncc3c(n2n1)CCN(C(=O)CSc1nc2ccccc2o1)C3. The number of carbonyl (C=O) groups is 1. The van der Waals surface area contributed by atoms with Crippen molar-refractivity contribution in [3.63, 3.8) is 0 Å². The molecule has 3 aromatic heterocycles. The molecule has 1 amide bonds. The van der Waals surface area contributed by atoms with Gasteiger partial charge in [0.2, 0.25) is 5.91 Å². The number of carbonyl (C=O) groups excluding carboxylic acids is 1. The maximum absolute atomic E-state index is 12.7. The largest absolute Gasteiger partial charge is 0.431 e. The quantitative estimate of drug-likeness (QED) is 0.510. The molecule has 8 heteroatoms. The van der Waals surface area contributed by atoms with Gasteiger partial charge in [-0.3, -0.25) is 4.79 Å². The molecular weight excluding hydrogens is 362 g/mol. The molecule has 0 radical (unpaired) electrons. The molecule has 0 aliphatic carbocycles. The number of hydrogen-bond acceptors (Lipinski definition) is 6. The highest BCUT2D eigenvalue weighted by Crippen LogP contribution is 2.25. The molecule has 136 valence electrons. The standard InChI is InChI=1S/C19H17N5O2S/c1-12-8-17-20-9-13-10-23(7-6-15(13)24(17)22-12)18(25)11-27-19-21-14-4-2-3-5-16(14)26-19/h2-5,8-9H,6-7,10-11H2,1H3. The van der Waals surface area contributed by atoms with E-state index in [0.717, 1.165) is 40.1 Å². The second kappa shape index (κ2) is 6.38. The van der Waals surface area contributed by atoms with Crippen LogP contribution in [-0.2, 0) is 17.8 Å². The van der Waals surface area contributed by atoms with Crippen LogP contribution < -0.4 is 0 Å². The molecule has 0 saturated heterocycles. The molecule has 0 saturated carbocycles. The van der Waals surface area contributed by atoms with Crippen molar-refractivity contribution < 1.29 is 9.21 Å². The van der Waals surface area contributed by atoms with Crippen molar-refractivity contribution in [1.29, 1.82) is 0 Å². The Bertz CT molecular complexity index is 1130. The first-order chi connectivity index (χ1) is 13.2. The van der Waals surface area contributed by atoms with Crippen LogP contribution in [0.2, 0.25) is 0 Å². The third kappa shape index (κ3) is 2.95. The molecule has 0 fully saturated rings. The second-order valence-electron chi connectivity index (χ2n) is 6.59. The zero-order valence-corrected chi connectivity index (χ0v) is 15.6. The van der Waals surface area contributed by atoms with E-state index in [1.165, 1.54) is 11.8 Å². The Labute approximate surface area is 159 Å². The van der Waals surface area contributed by atoms with Gasteiger partial charge in [-0.15, -0.1) is 0 Å². The van der Waals surface area contributed by atoms with Gasteiger partial charge < -0.3 is 9.32 Å². The minimum Gasteiger partial charge on any atom is -0.431 e. The molecule has 0 bridgehead atoms. The number of nitrogens with zero attached hydrogens (tertiary/aromatic N) is 5. The minimum absolute atomic E-state index is 0.0737. The van der Waals surface area contributed by atoms with Crippen molar-refractivity contribution in [3.05, 3.63) is 53.5 Å². The molecule has 1 aliphatic rings. The van der Waals surface area contributed by atoms with Gasteiger partial charge in [0.15, 0.2) is 11.2 Å². The lowest BCUT2D eigenvalue weighted by molar-refractivity contribution is -0.129. The van der Waals surface area contributed by atoms with Crippen molar-refractivity contribution in [1.82, 2.24) is 24.5 Å². The highest BCUT2D eigenvalue weighted by molar-refractivity contribution is 7.99. The number of aromatic nitrogens is 4. The third-order valence-electron chi connectivity index (χ3n) is 4.72. The van der Waals surface area contributed by atoms with Crippen LogP contribution in [0.5, 0.6) is 0 Å². The van der Waals surface area contributed by atoms with E-state index in [9.17, 15) is 4.79 Å². The highest BCUT2D eigenvalue weighted by atomic mass is 32.2. The van der Waals surface area contributed by atoms with Crippen LogP contribution in [0.25, 0.3) is 16.7 Å². The molecule has 1 aliphatic heterocycles. The van der Waals surface area contributed by atoms with Crippen LogP contribution in [-0.4, -0.2) is 42.7 Å². The van der Waals surface area contributed by atoms with Gasteiger partial charge >= 0.3 is 0 Å². The van der Waals surface area contributed by atoms with Gasteiger partial charge in [0.05, 0.1) is 17.1 Å². The van der Waals surface area contributed by atoms with E-state index in [-0.39, 0.29) is 5.91 Å². The molecule has 4 heterocycles. The number of rotatable bonds is 3. The molecule has 0 unspecified atom stereocenters. The second-order valence-corrected chi connectivity index (χ2v) is 7.51. The third-order valence-corrected chi connectivity index (χ3v) is 5.53. The molecule has 27 heavy (non-hydrogen) atoms. The molecule has 0 atom stereocenters. The van der Waals surface area contributed by atoms with E-state index < -0.39 is 0 Å². The Hall–Kier alpha value is -2.87. The van der Waals surface area contributed by atoms with Gasteiger partial charge in [-0.2, -0.15) is 5.10 Å². The zero-order chi connectivity index (χ0) is 18.4. The normalized spacial score (nSPS) is 14.0. The summed E-state index contributed by atoms with van der Waals surface area (Å²) < 4.78 is 7.57. The number of hydrogen-bond donors (Lipinski definition) is 0. The van der Waals surface area contributed by atoms with Crippen LogP contribution in [0, 0.1) is 6.92 Å². The molecule has 0 spiro atoms. The van der Waals surface area contributed by atoms with Crippen molar-refractivity contribution in [2.24, 2.45) is 0 Å². The average molecular weight is 379 g/mol. The van der Waals surface area contributed by atoms with Gasteiger partial charge in [-0.1, -0.05) is 23.9 Å². The van der Waals surface area contributed by atoms with E-state index in [0.29, 0.717) is 24.1 Å². The van der Waals surface area contributed by atoms with Crippen LogP contribution in [0.4, 0.5) is 0 Å². The smallest absolute Gasteiger partial charge is 0.257 e. The fraction of sp³-hybridized carbons (Fsp3) is 0.263. The molecular formula is C19H17N5O2S. The topological polar surface area (TPSA) is 76.5 Å².